The van der Waals surface area contributed by atoms with Crippen LogP contribution in [0.5, 0.6) is 0 Å². The molecule has 0 bridgehead atoms. The summed E-state index contributed by atoms with van der Waals surface area (Å²) in [5.41, 5.74) is 7.68. The van der Waals surface area contributed by atoms with Gasteiger partial charge in [0.2, 0.25) is 0 Å². The van der Waals surface area contributed by atoms with Crippen LogP contribution >= 0.6 is 24.0 Å². The lowest BCUT2D eigenvalue weighted by molar-refractivity contribution is 0.0783. The van der Waals surface area contributed by atoms with Gasteiger partial charge in [-0.3, -0.25) is 4.79 Å². The van der Waals surface area contributed by atoms with E-state index in [-0.39, 0.29) is 46.9 Å². The highest BCUT2D eigenvalue weighted by Gasteiger charge is 2.35. The number of rotatable bonds is 3. The molecule has 1 aromatic carbocycles. The van der Waals surface area contributed by atoms with Gasteiger partial charge in [0.15, 0.2) is 5.69 Å². The molecule has 1 aliphatic rings. The van der Waals surface area contributed by atoms with Gasteiger partial charge in [-0.15, -0.1) is 12.4 Å². The zero-order chi connectivity index (χ0) is 17.3. The first kappa shape index (κ1) is 19.6. The van der Waals surface area contributed by atoms with Crippen molar-refractivity contribution in [2.75, 3.05) is 13.1 Å². The molecular formula is C18H22Cl2N4O. The van der Waals surface area contributed by atoms with E-state index in [4.69, 9.17) is 17.3 Å². The van der Waals surface area contributed by atoms with Crippen LogP contribution in [0.15, 0.2) is 36.5 Å². The van der Waals surface area contributed by atoms with Crippen molar-refractivity contribution in [2.24, 2.45) is 5.73 Å². The molecule has 5 nitrogen and oxygen atoms in total. The number of halogens is 2. The van der Waals surface area contributed by atoms with E-state index >= 15 is 0 Å². The second-order valence-electron chi connectivity index (χ2n) is 6.47. The zero-order valence-corrected chi connectivity index (χ0v) is 15.8. The predicted octanol–water partition coefficient (Wildman–Crippen LogP) is 3.24. The van der Waals surface area contributed by atoms with Gasteiger partial charge in [0, 0.05) is 31.0 Å². The lowest BCUT2D eigenvalue weighted by Crippen LogP contribution is -2.33. The van der Waals surface area contributed by atoms with E-state index in [1.54, 1.807) is 4.90 Å². The number of nitrogens with two attached hydrogens (primary N) is 1. The molecule has 7 heteroatoms. The molecule has 3 rings (SSSR count). The van der Waals surface area contributed by atoms with E-state index in [1.807, 2.05) is 44.2 Å². The predicted molar refractivity (Wildman–Crippen MR) is 101 cm³/mol. The molecular weight excluding hydrogens is 359 g/mol. The van der Waals surface area contributed by atoms with Crippen LogP contribution in [-0.4, -0.2) is 39.9 Å². The highest BCUT2D eigenvalue weighted by atomic mass is 35.5. The number of amides is 1. The number of carbonyl (C=O) groups is 1. The summed E-state index contributed by atoms with van der Waals surface area (Å²) in [5, 5.41) is 0.279. The third-order valence-electron chi connectivity index (χ3n) is 4.36. The van der Waals surface area contributed by atoms with Crippen molar-refractivity contribution in [3.8, 4) is 0 Å². The highest BCUT2D eigenvalue weighted by Crippen LogP contribution is 2.28. The number of hydrogen-bond acceptors (Lipinski definition) is 4. The van der Waals surface area contributed by atoms with Gasteiger partial charge in [-0.25, -0.2) is 9.97 Å². The van der Waals surface area contributed by atoms with E-state index in [1.165, 1.54) is 6.20 Å². The van der Waals surface area contributed by atoms with Crippen LogP contribution in [0.3, 0.4) is 0 Å². The number of hydrogen-bond donors (Lipinski definition) is 1. The third-order valence-corrected chi connectivity index (χ3v) is 4.64. The maximum atomic E-state index is 12.9. The minimum atomic E-state index is -0.182. The van der Waals surface area contributed by atoms with E-state index in [2.05, 4.69) is 9.97 Å². The Morgan fingerprint density at radius 3 is 2.60 bits per heavy atom. The van der Waals surface area contributed by atoms with Crippen molar-refractivity contribution in [2.45, 2.75) is 31.7 Å². The molecule has 0 unspecified atom stereocenters. The molecule has 1 amide bonds. The van der Waals surface area contributed by atoms with Crippen LogP contribution in [0.25, 0.3) is 0 Å². The van der Waals surface area contributed by atoms with Gasteiger partial charge in [-0.05, 0) is 5.56 Å². The molecule has 2 atom stereocenters. The molecule has 1 aromatic heterocycles. The largest absolute Gasteiger partial charge is 0.335 e. The Hall–Kier alpha value is -1.69. The Kier molecular flexibility index (Phi) is 6.38. The SMILES string of the molecule is CC(C)c1ncc(Cl)c(C(=O)N2C[C@@H](N)[C@H](c3ccccc3)C2)n1.Cl. The van der Waals surface area contributed by atoms with E-state index in [0.29, 0.717) is 18.9 Å². The van der Waals surface area contributed by atoms with Gasteiger partial charge in [0.25, 0.3) is 5.91 Å². The van der Waals surface area contributed by atoms with Crippen molar-refractivity contribution in [1.82, 2.24) is 14.9 Å². The smallest absolute Gasteiger partial charge is 0.274 e. The number of nitrogens with zero attached hydrogens (tertiary/aromatic N) is 3. The summed E-state index contributed by atoms with van der Waals surface area (Å²) in [4.78, 5) is 23.1. The fraction of sp³-hybridized carbons (Fsp3) is 0.389. The summed E-state index contributed by atoms with van der Waals surface area (Å²) in [7, 11) is 0. The molecule has 134 valence electrons. The summed E-state index contributed by atoms with van der Waals surface area (Å²) in [6, 6.07) is 9.95. The first-order valence-corrected chi connectivity index (χ1v) is 8.47. The lowest BCUT2D eigenvalue weighted by Gasteiger charge is -2.17. The van der Waals surface area contributed by atoms with Crippen LogP contribution in [-0.2, 0) is 0 Å². The molecule has 0 aliphatic carbocycles. The average Bonchev–Trinajstić information content (AvgIpc) is 2.97. The minimum Gasteiger partial charge on any atom is -0.335 e. The van der Waals surface area contributed by atoms with Gasteiger partial charge in [0.1, 0.15) is 5.82 Å². The van der Waals surface area contributed by atoms with Crippen molar-refractivity contribution < 1.29 is 4.79 Å². The summed E-state index contributed by atoms with van der Waals surface area (Å²) in [5.74, 6) is 0.691. The average molecular weight is 381 g/mol. The monoisotopic (exact) mass is 380 g/mol. The molecule has 2 N–H and O–H groups in total. The first-order chi connectivity index (χ1) is 11.5. The fourth-order valence-corrected chi connectivity index (χ4v) is 3.18. The topological polar surface area (TPSA) is 72.1 Å². The second kappa shape index (κ2) is 8.13. The normalized spacial score (nSPS) is 19.8. The summed E-state index contributed by atoms with van der Waals surface area (Å²) < 4.78 is 0. The van der Waals surface area contributed by atoms with Crippen LogP contribution in [0.1, 0.15) is 47.6 Å². The van der Waals surface area contributed by atoms with Gasteiger partial charge >= 0.3 is 0 Å². The van der Waals surface area contributed by atoms with Gasteiger partial charge in [-0.1, -0.05) is 55.8 Å². The van der Waals surface area contributed by atoms with Crippen molar-refractivity contribution in [1.29, 1.82) is 0 Å². The molecule has 2 heterocycles. The van der Waals surface area contributed by atoms with Crippen molar-refractivity contribution >= 4 is 29.9 Å². The maximum Gasteiger partial charge on any atom is 0.274 e. The Balaban J connectivity index is 0.00000225. The molecule has 2 aromatic rings. The standard InChI is InChI=1S/C18H21ClN4O.ClH/c1-11(2)17-21-8-14(19)16(22-17)18(24)23-9-13(15(20)10-23)12-6-4-3-5-7-12;/h3-8,11,13,15H,9-10,20H2,1-2H3;1H/t13-,15+;/m0./s1. The van der Waals surface area contributed by atoms with Gasteiger partial charge in [-0.2, -0.15) is 0 Å². The third kappa shape index (κ3) is 4.11. The number of aromatic nitrogens is 2. The highest BCUT2D eigenvalue weighted by molar-refractivity contribution is 6.33. The maximum absolute atomic E-state index is 12.9. The van der Waals surface area contributed by atoms with Crippen LogP contribution in [0.4, 0.5) is 0 Å². The second-order valence-corrected chi connectivity index (χ2v) is 6.88. The molecule has 1 fully saturated rings. The molecule has 0 saturated carbocycles. The number of benzene rings is 1. The zero-order valence-electron chi connectivity index (χ0n) is 14.2. The summed E-state index contributed by atoms with van der Waals surface area (Å²) >= 11 is 6.16. The molecule has 25 heavy (non-hydrogen) atoms. The van der Waals surface area contributed by atoms with Crippen LogP contribution in [0, 0.1) is 0 Å². The van der Waals surface area contributed by atoms with Crippen molar-refractivity contribution in [3.05, 3.63) is 58.6 Å². The van der Waals surface area contributed by atoms with Gasteiger partial charge in [0.05, 0.1) is 11.2 Å². The number of likely N-dealkylation sites (tertiary alicyclic amines) is 1. The van der Waals surface area contributed by atoms with Crippen LogP contribution in [0.2, 0.25) is 5.02 Å². The Morgan fingerprint density at radius 1 is 1.28 bits per heavy atom. The van der Waals surface area contributed by atoms with E-state index in [0.717, 1.165) is 5.56 Å². The van der Waals surface area contributed by atoms with E-state index < -0.39 is 0 Å². The van der Waals surface area contributed by atoms with Gasteiger partial charge < -0.3 is 10.6 Å². The Morgan fingerprint density at radius 2 is 1.96 bits per heavy atom. The van der Waals surface area contributed by atoms with E-state index in [9.17, 15) is 4.79 Å². The summed E-state index contributed by atoms with van der Waals surface area (Å²) in [6.07, 6.45) is 1.50. The lowest BCUT2D eigenvalue weighted by atomic mass is 9.95. The summed E-state index contributed by atoms with van der Waals surface area (Å²) in [6.45, 7) is 5.03. The Labute approximate surface area is 159 Å². The minimum absolute atomic E-state index is 0. The molecule has 1 saturated heterocycles. The van der Waals surface area contributed by atoms with Crippen molar-refractivity contribution in [3.63, 3.8) is 0 Å². The molecule has 0 spiro atoms. The molecule has 1 aliphatic heterocycles. The Bertz CT molecular complexity index is 739. The van der Waals surface area contributed by atoms with Crippen LogP contribution < -0.4 is 5.73 Å². The number of carbonyl (C=O) groups excluding carboxylic acids is 1. The first-order valence-electron chi connectivity index (χ1n) is 8.09. The molecule has 0 radical (unpaired) electrons. The fourth-order valence-electron chi connectivity index (χ4n) is 3.01. The quantitative estimate of drug-likeness (QED) is 0.886.